The summed E-state index contributed by atoms with van der Waals surface area (Å²) in [7, 11) is 0. The lowest BCUT2D eigenvalue weighted by atomic mass is 10.2. The van der Waals surface area contributed by atoms with Crippen LogP contribution in [0.2, 0.25) is 0 Å². The smallest absolute Gasteiger partial charge is 0.193 e. The summed E-state index contributed by atoms with van der Waals surface area (Å²) in [6.45, 7) is 0. The van der Waals surface area contributed by atoms with Crippen LogP contribution in [0.15, 0.2) is 65.7 Å². The van der Waals surface area contributed by atoms with Gasteiger partial charge < -0.3 is 5.32 Å². The van der Waals surface area contributed by atoms with Crippen LogP contribution in [0.3, 0.4) is 0 Å². The molecule has 1 heterocycles. The van der Waals surface area contributed by atoms with Gasteiger partial charge in [-0.15, -0.1) is 0 Å². The van der Waals surface area contributed by atoms with E-state index in [0.29, 0.717) is 17.2 Å². The highest BCUT2D eigenvalue weighted by molar-refractivity contribution is 5.83. The van der Waals surface area contributed by atoms with Crippen LogP contribution >= 0.6 is 0 Å². The zero-order valence-electron chi connectivity index (χ0n) is 11.7. The maximum atomic E-state index is 9.34. The number of H-pyrrole nitrogens is 1. The Kier molecular flexibility index (Phi) is 3.94. The van der Waals surface area contributed by atoms with Crippen molar-refractivity contribution in [1.82, 2.24) is 10.2 Å². The van der Waals surface area contributed by atoms with E-state index < -0.39 is 0 Å². The molecule has 5 heteroatoms. The summed E-state index contributed by atoms with van der Waals surface area (Å²) in [6, 6.07) is 21.4. The zero-order valence-corrected chi connectivity index (χ0v) is 11.7. The molecule has 106 valence electrons. The quantitative estimate of drug-likeness (QED) is 0.717. The van der Waals surface area contributed by atoms with Crippen LogP contribution in [0.4, 0.5) is 17.3 Å². The molecule has 0 saturated carbocycles. The lowest BCUT2D eigenvalue weighted by Crippen LogP contribution is -1.92. The van der Waals surface area contributed by atoms with Gasteiger partial charge in [0.1, 0.15) is 17.5 Å². The molecule has 22 heavy (non-hydrogen) atoms. The van der Waals surface area contributed by atoms with E-state index in [1.54, 1.807) is 6.21 Å². The largest absolute Gasteiger partial charge is 0.339 e. The molecule has 0 aliphatic rings. The van der Waals surface area contributed by atoms with Gasteiger partial charge in [0, 0.05) is 11.9 Å². The van der Waals surface area contributed by atoms with Crippen LogP contribution in [0, 0.1) is 11.3 Å². The Balaban J connectivity index is 1.85. The van der Waals surface area contributed by atoms with Crippen LogP contribution in [0.5, 0.6) is 0 Å². The van der Waals surface area contributed by atoms with Crippen molar-refractivity contribution in [2.24, 2.45) is 4.99 Å². The minimum atomic E-state index is 0.366. The van der Waals surface area contributed by atoms with Gasteiger partial charge in [-0.1, -0.05) is 48.5 Å². The highest BCUT2D eigenvalue weighted by Crippen LogP contribution is 2.25. The molecule has 1 aromatic heterocycles. The van der Waals surface area contributed by atoms with Gasteiger partial charge in [-0.3, -0.25) is 5.10 Å². The van der Waals surface area contributed by atoms with Crippen molar-refractivity contribution < 1.29 is 0 Å². The third kappa shape index (κ3) is 3.02. The van der Waals surface area contributed by atoms with Crippen LogP contribution < -0.4 is 5.32 Å². The number of aromatic amines is 1. The number of nitrogens with zero attached hydrogens (tertiary/aromatic N) is 3. The summed E-state index contributed by atoms with van der Waals surface area (Å²) in [5.41, 5.74) is 2.21. The Morgan fingerprint density at radius 3 is 2.41 bits per heavy atom. The van der Waals surface area contributed by atoms with Crippen LogP contribution in [0.25, 0.3) is 0 Å². The Morgan fingerprint density at radius 2 is 1.73 bits per heavy atom. The molecular weight excluding hydrogens is 274 g/mol. The molecule has 5 nitrogen and oxygen atoms in total. The first-order valence-electron chi connectivity index (χ1n) is 6.76. The maximum absolute atomic E-state index is 9.34. The monoisotopic (exact) mass is 287 g/mol. The van der Waals surface area contributed by atoms with Gasteiger partial charge in [0.05, 0.1) is 0 Å². The number of nitrogens with one attached hydrogen (secondary N) is 2. The SMILES string of the molecule is N#Cc1c(N=Cc2ccccc2)n[nH]c1Nc1ccccc1. The van der Waals surface area contributed by atoms with Gasteiger partial charge in [0.2, 0.25) is 0 Å². The number of hydrogen-bond donors (Lipinski definition) is 2. The first-order chi connectivity index (χ1) is 10.9. The van der Waals surface area contributed by atoms with E-state index >= 15 is 0 Å². The Hall–Kier alpha value is -3.39. The standard InChI is InChI=1S/C17H13N5/c18-11-15-16(19-12-13-7-3-1-4-8-13)21-22-17(15)20-14-9-5-2-6-10-14/h1-10,12H,(H2,20,21,22). The van der Waals surface area contributed by atoms with Crippen molar-refractivity contribution in [3.8, 4) is 6.07 Å². The molecule has 3 rings (SSSR count). The maximum Gasteiger partial charge on any atom is 0.193 e. The Labute approximate surface area is 128 Å². The number of benzene rings is 2. The predicted molar refractivity (Wildman–Crippen MR) is 86.7 cm³/mol. The molecule has 0 aliphatic heterocycles. The number of para-hydroxylation sites is 1. The van der Waals surface area contributed by atoms with E-state index in [9.17, 15) is 5.26 Å². The van der Waals surface area contributed by atoms with Gasteiger partial charge in [-0.25, -0.2) is 4.99 Å². The van der Waals surface area contributed by atoms with Gasteiger partial charge in [-0.05, 0) is 17.7 Å². The number of hydrogen-bond acceptors (Lipinski definition) is 4. The van der Waals surface area contributed by atoms with Crippen molar-refractivity contribution in [3.05, 3.63) is 71.8 Å². The number of rotatable bonds is 4. The molecule has 2 N–H and O–H groups in total. The van der Waals surface area contributed by atoms with Crippen LogP contribution in [-0.4, -0.2) is 16.4 Å². The van der Waals surface area contributed by atoms with E-state index in [4.69, 9.17) is 0 Å². The average Bonchev–Trinajstić information content (AvgIpc) is 2.96. The van der Waals surface area contributed by atoms with Crippen molar-refractivity contribution >= 4 is 23.5 Å². The topological polar surface area (TPSA) is 76.9 Å². The first kappa shape index (κ1) is 13.6. The fourth-order valence-electron chi connectivity index (χ4n) is 1.96. The summed E-state index contributed by atoms with van der Waals surface area (Å²) in [5, 5.41) is 19.4. The first-order valence-corrected chi connectivity index (χ1v) is 6.76. The van der Waals surface area contributed by atoms with Gasteiger partial charge in [-0.2, -0.15) is 10.4 Å². The van der Waals surface area contributed by atoms with Crippen LogP contribution in [0.1, 0.15) is 11.1 Å². The normalized spacial score (nSPS) is 10.5. The average molecular weight is 287 g/mol. The Morgan fingerprint density at radius 1 is 1.05 bits per heavy atom. The van der Waals surface area contributed by atoms with Gasteiger partial charge >= 0.3 is 0 Å². The van der Waals surface area contributed by atoms with Crippen LogP contribution in [-0.2, 0) is 0 Å². The van der Waals surface area contributed by atoms with E-state index in [2.05, 4.69) is 26.6 Å². The number of aliphatic imine (C=N–C) groups is 1. The second-order valence-corrected chi connectivity index (χ2v) is 4.57. The molecule has 2 aromatic carbocycles. The van der Waals surface area contributed by atoms with Crippen molar-refractivity contribution in [3.63, 3.8) is 0 Å². The molecule has 3 aromatic rings. The zero-order chi connectivity index (χ0) is 15.2. The highest BCUT2D eigenvalue weighted by atomic mass is 15.2. The fraction of sp³-hybridized carbons (Fsp3) is 0. The fourth-order valence-corrected chi connectivity index (χ4v) is 1.96. The minimum Gasteiger partial charge on any atom is -0.339 e. The van der Waals surface area contributed by atoms with Crippen molar-refractivity contribution in [2.75, 3.05) is 5.32 Å². The lowest BCUT2D eigenvalue weighted by Gasteiger charge is -2.02. The second-order valence-electron chi connectivity index (χ2n) is 4.57. The number of aromatic nitrogens is 2. The molecule has 0 aliphatic carbocycles. The minimum absolute atomic E-state index is 0.366. The Bertz CT molecular complexity index is 813. The van der Waals surface area contributed by atoms with Crippen molar-refractivity contribution in [2.45, 2.75) is 0 Å². The highest BCUT2D eigenvalue weighted by Gasteiger charge is 2.11. The third-order valence-electron chi connectivity index (χ3n) is 3.04. The predicted octanol–water partition coefficient (Wildman–Crippen LogP) is 3.78. The molecule has 0 atom stereocenters. The second kappa shape index (κ2) is 6.37. The molecule has 0 spiro atoms. The van der Waals surface area contributed by atoms with E-state index in [1.165, 1.54) is 0 Å². The number of nitriles is 1. The lowest BCUT2D eigenvalue weighted by molar-refractivity contribution is 1.09. The van der Waals surface area contributed by atoms with E-state index in [0.717, 1.165) is 11.3 Å². The van der Waals surface area contributed by atoms with Crippen molar-refractivity contribution in [1.29, 1.82) is 5.26 Å². The van der Waals surface area contributed by atoms with E-state index in [1.807, 2.05) is 60.7 Å². The summed E-state index contributed by atoms with van der Waals surface area (Å²) in [5.74, 6) is 0.902. The molecule has 0 radical (unpaired) electrons. The summed E-state index contributed by atoms with van der Waals surface area (Å²) >= 11 is 0. The summed E-state index contributed by atoms with van der Waals surface area (Å²) < 4.78 is 0. The molecule has 0 bridgehead atoms. The summed E-state index contributed by atoms with van der Waals surface area (Å²) in [4.78, 5) is 4.28. The van der Waals surface area contributed by atoms with Gasteiger partial charge in [0.15, 0.2) is 5.82 Å². The molecule has 0 unspecified atom stereocenters. The third-order valence-corrected chi connectivity index (χ3v) is 3.04. The number of anilines is 2. The summed E-state index contributed by atoms with van der Waals surface area (Å²) in [6.07, 6.45) is 1.68. The molecule has 0 saturated heterocycles. The molecular formula is C17H13N5. The van der Waals surface area contributed by atoms with Gasteiger partial charge in [0.25, 0.3) is 0 Å². The molecule has 0 fully saturated rings. The molecule has 0 amide bonds. The van der Waals surface area contributed by atoms with E-state index in [-0.39, 0.29) is 0 Å².